The second-order valence-electron chi connectivity index (χ2n) is 5.32. The van der Waals surface area contributed by atoms with Crippen LogP contribution >= 0.6 is 0 Å². The third kappa shape index (κ3) is 2.47. The summed E-state index contributed by atoms with van der Waals surface area (Å²) in [6.07, 6.45) is -1.69. The molecular formula is C15H21NO4. The van der Waals surface area contributed by atoms with Crippen LogP contribution in [-0.2, 0) is 16.1 Å². The number of rotatable bonds is 5. The van der Waals surface area contributed by atoms with Crippen LogP contribution in [0.15, 0.2) is 30.3 Å². The topological polar surface area (TPSA) is 61.9 Å². The van der Waals surface area contributed by atoms with E-state index in [1.807, 2.05) is 30.3 Å². The molecule has 0 spiro atoms. The van der Waals surface area contributed by atoms with Crippen molar-refractivity contribution >= 4 is 0 Å². The fourth-order valence-corrected chi connectivity index (χ4v) is 2.96. The van der Waals surface area contributed by atoms with Crippen LogP contribution in [-0.4, -0.2) is 58.8 Å². The second-order valence-corrected chi connectivity index (χ2v) is 5.32. The number of fused-ring (bicyclic) bond motifs is 1. The molecule has 0 bridgehead atoms. The summed E-state index contributed by atoms with van der Waals surface area (Å²) in [7, 11) is 0. The molecule has 5 heteroatoms. The van der Waals surface area contributed by atoms with Crippen molar-refractivity contribution in [3.8, 4) is 0 Å². The molecule has 2 aliphatic heterocycles. The van der Waals surface area contributed by atoms with Crippen LogP contribution in [0.25, 0.3) is 0 Å². The predicted octanol–water partition coefficient (Wildman–Crippen LogP) is 0.354. The molecule has 20 heavy (non-hydrogen) atoms. The smallest absolute Gasteiger partial charge is 0.130 e. The summed E-state index contributed by atoms with van der Waals surface area (Å²) in [6.45, 7) is 3.18. The lowest BCUT2D eigenvalue weighted by Crippen LogP contribution is -2.50. The minimum atomic E-state index is -0.790. The number of likely N-dealkylation sites (N-methyl/N-ethyl adjacent to an activating group) is 1. The van der Waals surface area contributed by atoms with Gasteiger partial charge in [-0.1, -0.05) is 37.3 Å². The Morgan fingerprint density at radius 3 is 2.70 bits per heavy atom. The van der Waals surface area contributed by atoms with Crippen molar-refractivity contribution in [3.63, 3.8) is 0 Å². The number of hydrogen-bond acceptors (Lipinski definition) is 5. The van der Waals surface area contributed by atoms with Gasteiger partial charge in [-0.25, -0.2) is 0 Å². The Kier molecular flexibility index (Phi) is 4.05. The zero-order chi connectivity index (χ0) is 14.1. The standard InChI is InChI=1S/C15H21NO4/c1-2-16-12-14(13(18)11(8-17)20-15(12)16)19-9-10-6-4-3-5-7-10/h3-7,11-15,17-18H,2,8-9H2,1H3/t11?,12?,13-,14?,15+,16?/m1/s1. The quantitative estimate of drug-likeness (QED) is 0.762. The number of benzene rings is 1. The first-order valence-electron chi connectivity index (χ1n) is 7.12. The zero-order valence-electron chi connectivity index (χ0n) is 11.6. The third-order valence-electron chi connectivity index (χ3n) is 4.11. The molecular weight excluding hydrogens is 258 g/mol. The highest BCUT2D eigenvalue weighted by Crippen LogP contribution is 2.40. The molecule has 0 saturated carbocycles. The van der Waals surface area contributed by atoms with Gasteiger partial charge in [0.15, 0.2) is 0 Å². The van der Waals surface area contributed by atoms with Gasteiger partial charge >= 0.3 is 0 Å². The number of nitrogens with zero attached hydrogens (tertiary/aromatic N) is 1. The van der Waals surface area contributed by atoms with Gasteiger partial charge in [0.2, 0.25) is 0 Å². The van der Waals surface area contributed by atoms with Crippen molar-refractivity contribution in [2.24, 2.45) is 0 Å². The van der Waals surface area contributed by atoms with E-state index in [2.05, 4.69) is 11.8 Å². The van der Waals surface area contributed by atoms with E-state index >= 15 is 0 Å². The molecule has 2 saturated heterocycles. The Morgan fingerprint density at radius 1 is 1.30 bits per heavy atom. The average molecular weight is 279 g/mol. The minimum absolute atomic E-state index is 0.0266. The number of ether oxygens (including phenoxy) is 2. The molecule has 1 aromatic carbocycles. The van der Waals surface area contributed by atoms with Gasteiger partial charge in [0.1, 0.15) is 24.5 Å². The van der Waals surface area contributed by atoms with Gasteiger partial charge in [-0.15, -0.1) is 0 Å². The molecule has 0 radical (unpaired) electrons. The molecule has 1 aromatic rings. The van der Waals surface area contributed by atoms with E-state index in [4.69, 9.17) is 9.47 Å². The normalized spacial score (nSPS) is 39.4. The van der Waals surface area contributed by atoms with Crippen LogP contribution in [0.3, 0.4) is 0 Å². The maximum Gasteiger partial charge on any atom is 0.130 e. The fraction of sp³-hybridized carbons (Fsp3) is 0.600. The van der Waals surface area contributed by atoms with E-state index in [1.54, 1.807) is 0 Å². The van der Waals surface area contributed by atoms with Crippen LogP contribution in [0, 0.1) is 0 Å². The van der Waals surface area contributed by atoms with Crippen LogP contribution in [0.5, 0.6) is 0 Å². The van der Waals surface area contributed by atoms with E-state index in [9.17, 15) is 10.2 Å². The zero-order valence-corrected chi connectivity index (χ0v) is 11.6. The first kappa shape index (κ1) is 14.0. The highest BCUT2D eigenvalue weighted by atomic mass is 16.6. The maximum absolute atomic E-state index is 10.3. The van der Waals surface area contributed by atoms with E-state index < -0.39 is 12.2 Å². The first-order chi connectivity index (χ1) is 9.76. The molecule has 2 fully saturated rings. The number of aliphatic hydroxyl groups is 2. The van der Waals surface area contributed by atoms with Gasteiger partial charge in [-0.05, 0) is 12.1 Å². The van der Waals surface area contributed by atoms with E-state index in [0.29, 0.717) is 6.61 Å². The van der Waals surface area contributed by atoms with E-state index in [0.717, 1.165) is 12.1 Å². The van der Waals surface area contributed by atoms with Gasteiger partial charge in [0, 0.05) is 0 Å². The lowest BCUT2D eigenvalue weighted by atomic mass is 10.0. The maximum atomic E-state index is 10.3. The summed E-state index contributed by atoms with van der Waals surface area (Å²) in [5.41, 5.74) is 1.08. The third-order valence-corrected chi connectivity index (χ3v) is 4.11. The summed E-state index contributed by atoms with van der Waals surface area (Å²) >= 11 is 0. The summed E-state index contributed by atoms with van der Waals surface area (Å²) in [6, 6.07) is 9.99. The van der Waals surface area contributed by atoms with E-state index in [-0.39, 0.29) is 25.0 Å². The molecule has 0 aromatic heterocycles. The molecule has 2 N–H and O–H groups in total. The number of aliphatic hydroxyl groups excluding tert-OH is 2. The molecule has 110 valence electrons. The number of hydrogen-bond donors (Lipinski definition) is 2. The lowest BCUT2D eigenvalue weighted by molar-refractivity contribution is -0.161. The second kappa shape index (κ2) is 5.79. The average Bonchev–Trinajstić information content (AvgIpc) is 3.19. The van der Waals surface area contributed by atoms with Crippen LogP contribution in [0.4, 0.5) is 0 Å². The van der Waals surface area contributed by atoms with Crippen molar-refractivity contribution in [2.75, 3.05) is 13.2 Å². The van der Waals surface area contributed by atoms with Gasteiger partial charge in [0.05, 0.1) is 19.3 Å². The molecule has 0 aliphatic carbocycles. The van der Waals surface area contributed by atoms with E-state index in [1.165, 1.54) is 0 Å². The summed E-state index contributed by atoms with van der Waals surface area (Å²) in [4.78, 5) is 2.13. The molecule has 0 amide bonds. The monoisotopic (exact) mass is 279 g/mol. The Morgan fingerprint density at radius 2 is 2.05 bits per heavy atom. The van der Waals surface area contributed by atoms with Gasteiger partial charge in [-0.3, -0.25) is 4.90 Å². The Bertz CT molecular complexity index is 439. The van der Waals surface area contributed by atoms with Gasteiger partial charge < -0.3 is 19.7 Å². The lowest BCUT2D eigenvalue weighted by Gasteiger charge is -2.32. The highest BCUT2D eigenvalue weighted by Gasteiger charge is 2.60. The highest BCUT2D eigenvalue weighted by molar-refractivity contribution is 5.14. The predicted molar refractivity (Wildman–Crippen MR) is 72.9 cm³/mol. The molecule has 2 aliphatic rings. The van der Waals surface area contributed by atoms with Crippen LogP contribution in [0.1, 0.15) is 12.5 Å². The summed E-state index contributed by atoms with van der Waals surface area (Å²) < 4.78 is 11.6. The Balaban J connectivity index is 1.66. The van der Waals surface area contributed by atoms with Crippen molar-refractivity contribution in [1.82, 2.24) is 4.90 Å². The SMILES string of the molecule is CCN1C2C(OCc3ccccc3)[C@H](O)C(CO)O[C@@H]21. The molecule has 2 heterocycles. The largest absolute Gasteiger partial charge is 0.394 e. The van der Waals surface area contributed by atoms with Crippen molar-refractivity contribution in [2.45, 2.75) is 44.1 Å². The summed E-state index contributed by atoms with van der Waals surface area (Å²) in [5.74, 6) is 0. The van der Waals surface area contributed by atoms with Gasteiger partial charge in [0.25, 0.3) is 0 Å². The summed E-state index contributed by atoms with van der Waals surface area (Å²) in [5, 5.41) is 19.6. The first-order valence-corrected chi connectivity index (χ1v) is 7.12. The fourth-order valence-electron chi connectivity index (χ4n) is 2.96. The van der Waals surface area contributed by atoms with Crippen molar-refractivity contribution in [3.05, 3.63) is 35.9 Å². The Labute approximate surface area is 118 Å². The molecule has 3 rings (SSSR count). The van der Waals surface area contributed by atoms with Crippen molar-refractivity contribution in [1.29, 1.82) is 0 Å². The minimum Gasteiger partial charge on any atom is -0.394 e. The van der Waals surface area contributed by atoms with Crippen molar-refractivity contribution < 1.29 is 19.7 Å². The van der Waals surface area contributed by atoms with Gasteiger partial charge in [-0.2, -0.15) is 0 Å². The van der Waals surface area contributed by atoms with Crippen LogP contribution in [0.2, 0.25) is 0 Å². The molecule has 6 atom stereocenters. The molecule has 4 unspecified atom stereocenters. The Hall–Kier alpha value is -0.980. The molecule has 5 nitrogen and oxygen atoms in total. The van der Waals surface area contributed by atoms with Crippen LogP contribution < -0.4 is 0 Å².